The Bertz CT molecular complexity index is 935. The molecule has 1 aromatic carbocycles. The molecule has 3 heterocycles. The van der Waals surface area contributed by atoms with Crippen molar-refractivity contribution in [2.24, 2.45) is 0 Å². The van der Waals surface area contributed by atoms with Gasteiger partial charge >= 0.3 is 0 Å². The second-order valence-electron chi connectivity index (χ2n) is 6.92. The van der Waals surface area contributed by atoms with Gasteiger partial charge in [-0.05, 0) is 42.2 Å². The first kappa shape index (κ1) is 17.5. The van der Waals surface area contributed by atoms with E-state index in [1.54, 1.807) is 0 Å². The smallest absolute Gasteiger partial charge is 0.224 e. The molecule has 0 atom stereocenters. The van der Waals surface area contributed by atoms with E-state index in [9.17, 15) is 4.79 Å². The van der Waals surface area contributed by atoms with E-state index in [0.29, 0.717) is 13.0 Å². The molecule has 0 saturated heterocycles. The molecule has 27 heavy (non-hydrogen) atoms. The molecule has 2 aromatic heterocycles. The minimum absolute atomic E-state index is 0.0661. The fraction of sp³-hybridized carbons (Fsp3) is 0.381. The average Bonchev–Trinajstić information content (AvgIpc) is 3.31. The van der Waals surface area contributed by atoms with Crippen LogP contribution in [-0.2, 0) is 24.1 Å². The molecule has 1 aliphatic rings. The van der Waals surface area contributed by atoms with E-state index in [1.807, 2.05) is 40.9 Å². The van der Waals surface area contributed by atoms with Crippen molar-refractivity contribution in [3.05, 3.63) is 59.5 Å². The number of carbonyl (C=O) groups excluding carboxylic acids is 1. The molecule has 4 rings (SSSR count). The molecule has 1 N–H and O–H groups in total. The molecule has 0 unspecified atom stereocenters. The van der Waals surface area contributed by atoms with Crippen LogP contribution in [0.25, 0.3) is 5.65 Å². The fourth-order valence-corrected chi connectivity index (χ4v) is 3.44. The van der Waals surface area contributed by atoms with E-state index in [2.05, 4.69) is 21.6 Å². The fourth-order valence-electron chi connectivity index (χ4n) is 3.44. The van der Waals surface area contributed by atoms with Crippen molar-refractivity contribution >= 4 is 11.6 Å². The van der Waals surface area contributed by atoms with Gasteiger partial charge in [-0.2, -0.15) is 0 Å². The van der Waals surface area contributed by atoms with E-state index in [4.69, 9.17) is 4.74 Å². The summed E-state index contributed by atoms with van der Waals surface area (Å²) in [5.41, 5.74) is 3.13. The molecule has 1 aliphatic heterocycles. The number of aryl methyl sites for hydroxylation is 1. The molecule has 6 nitrogen and oxygen atoms in total. The number of amides is 1. The minimum Gasteiger partial charge on any atom is -0.493 e. The number of pyridine rings is 1. The number of carbonyl (C=O) groups is 1. The van der Waals surface area contributed by atoms with Gasteiger partial charge in [-0.3, -0.25) is 9.20 Å². The largest absolute Gasteiger partial charge is 0.493 e. The van der Waals surface area contributed by atoms with Crippen LogP contribution in [0.3, 0.4) is 0 Å². The zero-order valence-electron chi connectivity index (χ0n) is 15.4. The van der Waals surface area contributed by atoms with Gasteiger partial charge in [0.1, 0.15) is 11.6 Å². The second-order valence-corrected chi connectivity index (χ2v) is 6.92. The van der Waals surface area contributed by atoms with Crippen LogP contribution in [0.4, 0.5) is 0 Å². The van der Waals surface area contributed by atoms with Gasteiger partial charge in [0.05, 0.1) is 13.0 Å². The first-order valence-corrected chi connectivity index (χ1v) is 9.59. The topological polar surface area (TPSA) is 68.5 Å². The highest BCUT2D eigenvalue weighted by molar-refractivity contribution is 5.78. The summed E-state index contributed by atoms with van der Waals surface area (Å²) in [5, 5.41) is 11.4. The van der Waals surface area contributed by atoms with Crippen LogP contribution in [0.5, 0.6) is 5.75 Å². The van der Waals surface area contributed by atoms with E-state index in [-0.39, 0.29) is 5.91 Å². The Labute approximate surface area is 158 Å². The van der Waals surface area contributed by atoms with Gasteiger partial charge in [-0.15, -0.1) is 10.2 Å². The Morgan fingerprint density at radius 3 is 3.07 bits per heavy atom. The monoisotopic (exact) mass is 364 g/mol. The van der Waals surface area contributed by atoms with Crippen LogP contribution in [0.2, 0.25) is 0 Å². The van der Waals surface area contributed by atoms with Gasteiger partial charge in [0.25, 0.3) is 0 Å². The lowest BCUT2D eigenvalue weighted by atomic mass is 10.1. The van der Waals surface area contributed by atoms with Crippen LogP contribution >= 0.6 is 0 Å². The number of rotatable bonds is 8. The minimum atomic E-state index is 0.0661. The van der Waals surface area contributed by atoms with Crippen LogP contribution in [0.1, 0.15) is 36.2 Å². The van der Waals surface area contributed by atoms with Gasteiger partial charge in [0, 0.05) is 25.6 Å². The maximum atomic E-state index is 12.1. The Hall–Kier alpha value is -2.89. The Morgan fingerprint density at radius 2 is 2.11 bits per heavy atom. The van der Waals surface area contributed by atoms with Crippen LogP contribution in [0, 0.1) is 0 Å². The number of hydrogen-bond acceptors (Lipinski definition) is 4. The van der Waals surface area contributed by atoms with Crippen molar-refractivity contribution in [3.8, 4) is 5.75 Å². The van der Waals surface area contributed by atoms with E-state index >= 15 is 0 Å². The van der Waals surface area contributed by atoms with Crippen molar-refractivity contribution in [3.63, 3.8) is 0 Å². The lowest BCUT2D eigenvalue weighted by Gasteiger charge is -2.07. The molecule has 140 valence electrons. The van der Waals surface area contributed by atoms with Crippen LogP contribution in [-0.4, -0.2) is 33.7 Å². The molecule has 0 spiro atoms. The molecule has 6 heteroatoms. The summed E-state index contributed by atoms with van der Waals surface area (Å²) in [4.78, 5) is 12.1. The zero-order chi connectivity index (χ0) is 18.5. The van der Waals surface area contributed by atoms with Crippen LogP contribution in [0.15, 0.2) is 42.6 Å². The number of nitrogens with zero attached hydrogens (tertiary/aromatic N) is 3. The lowest BCUT2D eigenvalue weighted by molar-refractivity contribution is -0.120. The first-order chi connectivity index (χ1) is 13.3. The molecular formula is C21H24N4O2. The maximum Gasteiger partial charge on any atom is 0.224 e. The summed E-state index contributed by atoms with van der Waals surface area (Å²) in [6, 6.07) is 12.0. The Kier molecular flexibility index (Phi) is 5.32. The third-order valence-electron chi connectivity index (χ3n) is 4.91. The van der Waals surface area contributed by atoms with Crippen molar-refractivity contribution in [1.82, 2.24) is 19.9 Å². The quantitative estimate of drug-likeness (QED) is 0.624. The average molecular weight is 364 g/mol. The number of nitrogens with one attached hydrogen (secondary N) is 1. The van der Waals surface area contributed by atoms with Gasteiger partial charge in [-0.25, -0.2) is 0 Å². The summed E-state index contributed by atoms with van der Waals surface area (Å²) in [6.45, 7) is 1.45. The zero-order valence-corrected chi connectivity index (χ0v) is 15.4. The second kappa shape index (κ2) is 8.20. The Balaban J connectivity index is 1.14. The molecule has 0 radical (unpaired) electrons. The van der Waals surface area contributed by atoms with Gasteiger partial charge < -0.3 is 10.1 Å². The van der Waals surface area contributed by atoms with Gasteiger partial charge in [0.2, 0.25) is 5.91 Å². The van der Waals surface area contributed by atoms with E-state index < -0.39 is 0 Å². The number of fused-ring (bicyclic) bond motifs is 2. The number of benzene rings is 1. The third kappa shape index (κ3) is 4.27. The third-order valence-corrected chi connectivity index (χ3v) is 4.91. The highest BCUT2D eigenvalue weighted by Gasteiger charge is 2.13. The molecule has 3 aromatic rings. The molecule has 0 saturated carbocycles. The summed E-state index contributed by atoms with van der Waals surface area (Å²) in [5.74, 6) is 1.99. The van der Waals surface area contributed by atoms with E-state index in [1.165, 1.54) is 5.56 Å². The molecule has 1 amide bonds. The number of unbranched alkanes of at least 4 members (excludes halogenated alkanes) is 2. The molecule has 0 aliphatic carbocycles. The van der Waals surface area contributed by atoms with Crippen molar-refractivity contribution in [1.29, 1.82) is 0 Å². The van der Waals surface area contributed by atoms with E-state index in [0.717, 1.165) is 61.5 Å². The predicted molar refractivity (Wildman–Crippen MR) is 103 cm³/mol. The van der Waals surface area contributed by atoms with Crippen molar-refractivity contribution in [2.45, 2.75) is 38.5 Å². The maximum absolute atomic E-state index is 12.1. The first-order valence-electron chi connectivity index (χ1n) is 9.59. The van der Waals surface area contributed by atoms with Gasteiger partial charge in [0.15, 0.2) is 5.65 Å². The van der Waals surface area contributed by atoms with Crippen LogP contribution < -0.4 is 10.1 Å². The van der Waals surface area contributed by atoms with Crippen molar-refractivity contribution in [2.75, 3.05) is 13.2 Å². The Morgan fingerprint density at radius 1 is 1.15 bits per heavy atom. The highest BCUT2D eigenvalue weighted by Crippen LogP contribution is 2.26. The number of hydrogen-bond donors (Lipinski definition) is 1. The highest BCUT2D eigenvalue weighted by atomic mass is 16.5. The summed E-state index contributed by atoms with van der Waals surface area (Å²) >= 11 is 0. The predicted octanol–water partition coefficient (Wildman–Crippen LogP) is 2.74. The summed E-state index contributed by atoms with van der Waals surface area (Å²) < 4.78 is 7.59. The number of aromatic nitrogens is 3. The lowest BCUT2D eigenvalue weighted by Crippen LogP contribution is -2.26. The molecule has 0 fully saturated rings. The summed E-state index contributed by atoms with van der Waals surface area (Å²) in [7, 11) is 0. The number of ether oxygens (including phenoxy) is 1. The normalized spacial score (nSPS) is 12.7. The summed E-state index contributed by atoms with van der Waals surface area (Å²) in [6.07, 6.45) is 7.32. The van der Waals surface area contributed by atoms with Crippen molar-refractivity contribution < 1.29 is 9.53 Å². The molecular weight excluding hydrogens is 340 g/mol. The molecule has 0 bridgehead atoms. The standard InChI is InChI=1S/C21H24N4O2/c26-21(15-16-8-9-17-10-13-27-18(17)14-16)22-11-4-1-2-6-19-23-24-20-7-3-5-12-25(19)20/h3,5,7-9,12,14H,1-2,4,6,10-11,13,15H2,(H,22,26). The van der Waals surface area contributed by atoms with Gasteiger partial charge in [-0.1, -0.05) is 24.6 Å². The SMILES string of the molecule is O=C(Cc1ccc2c(c1)OCC2)NCCCCCc1nnc2ccccn12.